The molecular formula is C21H29Cl2N3O. The summed E-state index contributed by atoms with van der Waals surface area (Å²) in [5.41, 5.74) is 9.84. The Labute approximate surface area is 174 Å². The maximum atomic E-state index is 12.8. The van der Waals surface area contributed by atoms with Gasteiger partial charge in [0.1, 0.15) is 0 Å². The number of hydrogen-bond acceptors (Lipinski definition) is 3. The molecule has 1 saturated heterocycles. The summed E-state index contributed by atoms with van der Waals surface area (Å²) < 4.78 is 0. The van der Waals surface area contributed by atoms with Crippen LogP contribution in [0.15, 0.2) is 54.6 Å². The van der Waals surface area contributed by atoms with Crippen LogP contribution in [0.4, 0.5) is 5.69 Å². The second-order valence-electron chi connectivity index (χ2n) is 6.88. The summed E-state index contributed by atoms with van der Waals surface area (Å²) in [6.45, 7) is 7.27. The highest BCUT2D eigenvalue weighted by atomic mass is 35.5. The van der Waals surface area contributed by atoms with Crippen LogP contribution < -0.4 is 10.6 Å². The van der Waals surface area contributed by atoms with Crippen LogP contribution in [0.5, 0.6) is 0 Å². The Hall–Kier alpha value is -1.75. The van der Waals surface area contributed by atoms with Gasteiger partial charge in [-0.1, -0.05) is 49.4 Å². The SMILES string of the molecule is Cc1cccc(N2CCN(C(=O)C(C)C(N)c3ccccc3)CC2)c1.Cl.Cl. The van der Waals surface area contributed by atoms with Gasteiger partial charge in [0.2, 0.25) is 5.91 Å². The lowest BCUT2D eigenvalue weighted by Crippen LogP contribution is -2.51. The predicted octanol–water partition coefficient (Wildman–Crippen LogP) is 3.82. The van der Waals surface area contributed by atoms with Gasteiger partial charge in [0, 0.05) is 37.9 Å². The molecule has 0 aromatic heterocycles. The molecule has 0 bridgehead atoms. The number of aryl methyl sites for hydroxylation is 1. The normalized spacial score (nSPS) is 16.0. The Balaban J connectivity index is 0.00000182. The Morgan fingerprint density at radius 1 is 0.963 bits per heavy atom. The van der Waals surface area contributed by atoms with Crippen molar-refractivity contribution in [1.29, 1.82) is 0 Å². The maximum Gasteiger partial charge on any atom is 0.227 e. The van der Waals surface area contributed by atoms with Crippen LogP contribution in [0.3, 0.4) is 0 Å². The molecule has 2 aromatic rings. The van der Waals surface area contributed by atoms with E-state index in [1.54, 1.807) is 0 Å². The molecule has 2 N–H and O–H groups in total. The van der Waals surface area contributed by atoms with Gasteiger partial charge in [0.15, 0.2) is 0 Å². The smallest absolute Gasteiger partial charge is 0.227 e. The minimum Gasteiger partial charge on any atom is -0.368 e. The van der Waals surface area contributed by atoms with Crippen LogP contribution in [0.1, 0.15) is 24.1 Å². The van der Waals surface area contributed by atoms with Gasteiger partial charge in [0.05, 0.1) is 5.92 Å². The fourth-order valence-corrected chi connectivity index (χ4v) is 3.42. The quantitative estimate of drug-likeness (QED) is 0.834. The van der Waals surface area contributed by atoms with Crippen molar-refractivity contribution in [2.24, 2.45) is 11.7 Å². The van der Waals surface area contributed by atoms with Crippen molar-refractivity contribution in [3.63, 3.8) is 0 Å². The fraction of sp³-hybridized carbons (Fsp3) is 0.381. The Bertz CT molecular complexity index is 718. The summed E-state index contributed by atoms with van der Waals surface area (Å²) in [5.74, 6) is -0.0619. The molecule has 3 rings (SSSR count). The van der Waals surface area contributed by atoms with Crippen molar-refractivity contribution >= 4 is 36.4 Å². The number of benzene rings is 2. The first-order valence-corrected chi connectivity index (χ1v) is 8.97. The average molecular weight is 410 g/mol. The third-order valence-electron chi connectivity index (χ3n) is 5.07. The third kappa shape index (κ3) is 5.61. The second-order valence-corrected chi connectivity index (χ2v) is 6.88. The number of carbonyl (C=O) groups excluding carboxylic acids is 1. The van der Waals surface area contributed by atoms with Gasteiger partial charge >= 0.3 is 0 Å². The number of nitrogens with two attached hydrogens (primary N) is 1. The lowest BCUT2D eigenvalue weighted by atomic mass is 9.94. The van der Waals surface area contributed by atoms with Crippen LogP contribution >= 0.6 is 24.8 Å². The van der Waals surface area contributed by atoms with Crippen LogP contribution in [0.25, 0.3) is 0 Å². The molecule has 0 aliphatic carbocycles. The highest BCUT2D eigenvalue weighted by Gasteiger charge is 2.29. The molecule has 1 aliphatic rings. The zero-order valence-electron chi connectivity index (χ0n) is 15.9. The van der Waals surface area contributed by atoms with Gasteiger partial charge in [-0.2, -0.15) is 0 Å². The van der Waals surface area contributed by atoms with Crippen LogP contribution in [-0.4, -0.2) is 37.0 Å². The van der Waals surface area contributed by atoms with Crippen LogP contribution in [0, 0.1) is 12.8 Å². The van der Waals surface area contributed by atoms with E-state index in [0.717, 1.165) is 31.7 Å². The van der Waals surface area contributed by atoms with E-state index in [1.165, 1.54) is 11.3 Å². The summed E-state index contributed by atoms with van der Waals surface area (Å²) >= 11 is 0. The number of amides is 1. The van der Waals surface area contributed by atoms with Crippen LogP contribution in [0.2, 0.25) is 0 Å². The number of carbonyl (C=O) groups is 1. The molecule has 1 heterocycles. The van der Waals surface area contributed by atoms with Gasteiger partial charge in [-0.15, -0.1) is 24.8 Å². The summed E-state index contributed by atoms with van der Waals surface area (Å²) in [5, 5.41) is 0. The lowest BCUT2D eigenvalue weighted by molar-refractivity contribution is -0.136. The van der Waals surface area contributed by atoms with Gasteiger partial charge < -0.3 is 15.5 Å². The Morgan fingerprint density at radius 3 is 2.19 bits per heavy atom. The molecule has 1 aliphatic heterocycles. The van der Waals surface area contributed by atoms with Crippen molar-refractivity contribution in [3.05, 3.63) is 65.7 Å². The van der Waals surface area contributed by atoms with E-state index < -0.39 is 0 Å². The summed E-state index contributed by atoms with van der Waals surface area (Å²) in [6, 6.07) is 18.1. The third-order valence-corrected chi connectivity index (χ3v) is 5.07. The average Bonchev–Trinajstić information content (AvgIpc) is 2.67. The largest absolute Gasteiger partial charge is 0.368 e. The fourth-order valence-electron chi connectivity index (χ4n) is 3.42. The van der Waals surface area contributed by atoms with Crippen molar-refractivity contribution < 1.29 is 4.79 Å². The first-order valence-electron chi connectivity index (χ1n) is 8.97. The minimum absolute atomic E-state index is 0. The van der Waals surface area contributed by atoms with Crippen molar-refractivity contribution in [1.82, 2.24) is 4.90 Å². The minimum atomic E-state index is -0.261. The van der Waals surface area contributed by atoms with E-state index in [9.17, 15) is 4.79 Å². The Morgan fingerprint density at radius 2 is 1.59 bits per heavy atom. The summed E-state index contributed by atoms with van der Waals surface area (Å²) in [7, 11) is 0. The number of halogens is 2. The van der Waals surface area contributed by atoms with Crippen molar-refractivity contribution in [2.45, 2.75) is 19.9 Å². The molecule has 2 atom stereocenters. The topological polar surface area (TPSA) is 49.6 Å². The number of piperazine rings is 1. The molecular weight excluding hydrogens is 381 g/mol. The van der Waals surface area contributed by atoms with Crippen molar-refractivity contribution in [3.8, 4) is 0 Å². The molecule has 1 fully saturated rings. The lowest BCUT2D eigenvalue weighted by Gasteiger charge is -2.38. The summed E-state index contributed by atoms with van der Waals surface area (Å²) in [4.78, 5) is 17.1. The molecule has 2 aromatic carbocycles. The van der Waals surface area contributed by atoms with Gasteiger partial charge in [0.25, 0.3) is 0 Å². The van der Waals surface area contributed by atoms with Gasteiger partial charge in [-0.3, -0.25) is 4.79 Å². The molecule has 6 heteroatoms. The molecule has 0 saturated carbocycles. The predicted molar refractivity (Wildman–Crippen MR) is 117 cm³/mol. The molecule has 0 spiro atoms. The van der Waals surface area contributed by atoms with Gasteiger partial charge in [-0.05, 0) is 30.2 Å². The molecule has 2 unspecified atom stereocenters. The van der Waals surface area contributed by atoms with Gasteiger partial charge in [-0.25, -0.2) is 0 Å². The van der Waals surface area contributed by atoms with E-state index in [0.29, 0.717) is 0 Å². The second kappa shape index (κ2) is 10.5. The maximum absolute atomic E-state index is 12.8. The zero-order chi connectivity index (χ0) is 17.8. The standard InChI is InChI=1S/C21H27N3O.2ClH/c1-16-7-6-10-19(15-16)23-11-13-24(14-12-23)21(25)17(2)20(22)18-8-4-3-5-9-18;;/h3-10,15,17,20H,11-14,22H2,1-2H3;2*1H. The molecule has 4 nitrogen and oxygen atoms in total. The van der Waals surface area contributed by atoms with Crippen molar-refractivity contribution in [2.75, 3.05) is 31.1 Å². The van der Waals surface area contributed by atoms with E-state index in [4.69, 9.17) is 5.73 Å². The molecule has 0 radical (unpaired) electrons. The highest BCUT2D eigenvalue weighted by Crippen LogP contribution is 2.23. The number of rotatable bonds is 4. The number of hydrogen-bond donors (Lipinski definition) is 1. The number of anilines is 1. The molecule has 1 amide bonds. The molecule has 27 heavy (non-hydrogen) atoms. The Kier molecular flexibility index (Phi) is 9.10. The number of nitrogens with zero attached hydrogens (tertiary/aromatic N) is 2. The summed E-state index contributed by atoms with van der Waals surface area (Å²) in [6.07, 6.45) is 0. The van der Waals surface area contributed by atoms with E-state index in [1.807, 2.05) is 42.2 Å². The first kappa shape index (κ1) is 23.3. The van der Waals surface area contributed by atoms with E-state index >= 15 is 0 Å². The molecule has 148 valence electrons. The van der Waals surface area contributed by atoms with Crippen LogP contribution in [-0.2, 0) is 4.79 Å². The first-order chi connectivity index (χ1) is 12.1. The zero-order valence-corrected chi connectivity index (χ0v) is 17.5. The van der Waals surface area contributed by atoms with E-state index in [2.05, 4.69) is 36.1 Å². The monoisotopic (exact) mass is 409 g/mol. The van der Waals surface area contributed by atoms with E-state index in [-0.39, 0.29) is 42.7 Å². The highest BCUT2D eigenvalue weighted by molar-refractivity contribution is 5.85.